The molecule has 1 saturated heterocycles. The number of benzene rings is 2. The molecular formula is C18H19ClN2O3. The summed E-state index contributed by atoms with van der Waals surface area (Å²) in [5, 5.41) is 10.3. The van der Waals surface area contributed by atoms with Gasteiger partial charge in [0, 0.05) is 43.0 Å². The van der Waals surface area contributed by atoms with Crippen LogP contribution in [0.3, 0.4) is 0 Å². The van der Waals surface area contributed by atoms with E-state index in [0.717, 1.165) is 24.5 Å². The van der Waals surface area contributed by atoms with Crippen molar-refractivity contribution in [2.24, 2.45) is 0 Å². The second-order valence-corrected chi connectivity index (χ2v) is 6.08. The predicted molar refractivity (Wildman–Crippen MR) is 94.2 cm³/mol. The Labute approximate surface area is 146 Å². The number of aromatic hydroxyl groups is 1. The maximum Gasteiger partial charge on any atom is 0.257 e. The van der Waals surface area contributed by atoms with Gasteiger partial charge in [0.2, 0.25) is 0 Å². The number of anilines is 1. The average molecular weight is 347 g/mol. The molecule has 2 aromatic rings. The van der Waals surface area contributed by atoms with E-state index in [9.17, 15) is 9.90 Å². The highest BCUT2D eigenvalue weighted by Gasteiger charge is 2.24. The number of phenolic OH excluding ortho intramolecular Hbond substituents is 1. The third kappa shape index (κ3) is 3.41. The van der Waals surface area contributed by atoms with Crippen LogP contribution in [0.5, 0.6) is 11.5 Å². The van der Waals surface area contributed by atoms with Gasteiger partial charge in [0.25, 0.3) is 5.91 Å². The fraction of sp³-hybridized carbons (Fsp3) is 0.278. The first-order valence-corrected chi connectivity index (χ1v) is 8.13. The first-order valence-electron chi connectivity index (χ1n) is 7.75. The zero-order chi connectivity index (χ0) is 17.1. The second kappa shape index (κ2) is 7.01. The molecule has 0 aromatic heterocycles. The molecule has 24 heavy (non-hydrogen) atoms. The lowest BCUT2D eigenvalue weighted by Crippen LogP contribution is -2.48. The number of piperazine rings is 1. The van der Waals surface area contributed by atoms with E-state index < -0.39 is 0 Å². The van der Waals surface area contributed by atoms with Crippen LogP contribution < -0.4 is 9.64 Å². The number of ether oxygens (including phenoxy) is 1. The fourth-order valence-corrected chi connectivity index (χ4v) is 3.00. The quantitative estimate of drug-likeness (QED) is 0.928. The van der Waals surface area contributed by atoms with Crippen molar-refractivity contribution in [3.63, 3.8) is 0 Å². The molecule has 0 atom stereocenters. The second-order valence-electron chi connectivity index (χ2n) is 5.64. The molecular weight excluding hydrogens is 328 g/mol. The number of halogens is 1. The summed E-state index contributed by atoms with van der Waals surface area (Å²) in [7, 11) is 1.65. The van der Waals surface area contributed by atoms with Gasteiger partial charge in [0.15, 0.2) is 0 Å². The summed E-state index contributed by atoms with van der Waals surface area (Å²) >= 11 is 5.93. The van der Waals surface area contributed by atoms with Gasteiger partial charge in [-0.15, -0.1) is 0 Å². The zero-order valence-corrected chi connectivity index (χ0v) is 14.2. The highest BCUT2D eigenvalue weighted by molar-refractivity contribution is 6.31. The van der Waals surface area contributed by atoms with Crippen molar-refractivity contribution in [1.29, 1.82) is 0 Å². The molecule has 5 nitrogen and oxygen atoms in total. The van der Waals surface area contributed by atoms with E-state index in [4.69, 9.17) is 16.3 Å². The Morgan fingerprint density at radius 3 is 2.58 bits per heavy atom. The Kier molecular flexibility index (Phi) is 4.81. The number of carbonyl (C=O) groups excluding carboxylic acids is 1. The molecule has 3 rings (SSSR count). The molecule has 1 aliphatic heterocycles. The molecule has 2 aromatic carbocycles. The van der Waals surface area contributed by atoms with Crippen LogP contribution in [0, 0.1) is 0 Å². The molecule has 1 heterocycles. The summed E-state index contributed by atoms with van der Waals surface area (Å²) in [5.74, 6) is 0.578. The van der Waals surface area contributed by atoms with E-state index >= 15 is 0 Å². The molecule has 0 saturated carbocycles. The largest absolute Gasteiger partial charge is 0.507 e. The standard InChI is InChI=1S/C18H19ClN2O3/c1-24-15-4-2-3-14(12-15)20-7-9-21(10-8-20)18(23)16-11-13(19)5-6-17(16)22/h2-6,11-12,22H,7-10H2,1H3. The van der Waals surface area contributed by atoms with E-state index in [1.807, 2.05) is 24.3 Å². The zero-order valence-electron chi connectivity index (χ0n) is 13.4. The van der Waals surface area contributed by atoms with Crippen LogP contribution in [0.4, 0.5) is 5.69 Å². The Morgan fingerprint density at radius 1 is 1.12 bits per heavy atom. The van der Waals surface area contributed by atoms with Gasteiger partial charge in [-0.1, -0.05) is 17.7 Å². The van der Waals surface area contributed by atoms with Gasteiger partial charge in [-0.25, -0.2) is 0 Å². The van der Waals surface area contributed by atoms with Gasteiger partial charge in [-0.3, -0.25) is 4.79 Å². The number of nitrogens with zero attached hydrogens (tertiary/aromatic N) is 2. The van der Waals surface area contributed by atoms with Crippen molar-refractivity contribution in [2.75, 3.05) is 38.2 Å². The van der Waals surface area contributed by atoms with Crippen molar-refractivity contribution in [1.82, 2.24) is 4.90 Å². The molecule has 1 amide bonds. The normalized spacial score (nSPS) is 14.6. The van der Waals surface area contributed by atoms with E-state index in [0.29, 0.717) is 18.1 Å². The van der Waals surface area contributed by atoms with Crippen molar-refractivity contribution in [3.8, 4) is 11.5 Å². The fourth-order valence-electron chi connectivity index (χ4n) is 2.82. The van der Waals surface area contributed by atoms with Crippen LogP contribution >= 0.6 is 11.6 Å². The molecule has 0 aliphatic carbocycles. The Morgan fingerprint density at radius 2 is 1.88 bits per heavy atom. The Hall–Kier alpha value is -2.40. The number of carbonyl (C=O) groups is 1. The number of amides is 1. The minimum Gasteiger partial charge on any atom is -0.507 e. The van der Waals surface area contributed by atoms with Crippen LogP contribution in [-0.2, 0) is 0 Å². The van der Waals surface area contributed by atoms with Crippen molar-refractivity contribution >= 4 is 23.2 Å². The molecule has 0 bridgehead atoms. The van der Waals surface area contributed by atoms with Crippen LogP contribution in [0.25, 0.3) is 0 Å². The summed E-state index contributed by atoms with van der Waals surface area (Å²) in [4.78, 5) is 16.5. The molecule has 6 heteroatoms. The first kappa shape index (κ1) is 16.5. The molecule has 1 N–H and O–H groups in total. The lowest BCUT2D eigenvalue weighted by atomic mass is 10.1. The Balaban J connectivity index is 1.68. The average Bonchev–Trinajstić information content (AvgIpc) is 2.63. The van der Waals surface area contributed by atoms with Gasteiger partial charge in [0.05, 0.1) is 12.7 Å². The molecule has 126 valence electrons. The molecule has 1 fully saturated rings. The number of phenols is 1. The van der Waals surface area contributed by atoms with Crippen molar-refractivity contribution in [3.05, 3.63) is 53.1 Å². The minimum atomic E-state index is -0.194. The molecule has 0 spiro atoms. The number of rotatable bonds is 3. The van der Waals surface area contributed by atoms with Crippen molar-refractivity contribution < 1.29 is 14.6 Å². The molecule has 0 radical (unpaired) electrons. The highest BCUT2D eigenvalue weighted by Crippen LogP contribution is 2.25. The maximum absolute atomic E-state index is 12.6. The summed E-state index contributed by atoms with van der Waals surface area (Å²) in [6.45, 7) is 2.62. The summed E-state index contributed by atoms with van der Waals surface area (Å²) in [6.07, 6.45) is 0. The van der Waals surface area contributed by atoms with Gasteiger partial charge in [-0.2, -0.15) is 0 Å². The smallest absolute Gasteiger partial charge is 0.257 e. The summed E-state index contributed by atoms with van der Waals surface area (Å²) in [6, 6.07) is 12.4. The van der Waals surface area contributed by atoms with E-state index in [2.05, 4.69) is 4.90 Å². The molecule has 0 unspecified atom stereocenters. The number of methoxy groups -OCH3 is 1. The van der Waals surface area contributed by atoms with Gasteiger partial charge in [0.1, 0.15) is 11.5 Å². The van der Waals surface area contributed by atoms with E-state index in [-0.39, 0.29) is 17.2 Å². The van der Waals surface area contributed by atoms with Gasteiger partial charge in [-0.05, 0) is 30.3 Å². The third-order valence-electron chi connectivity index (χ3n) is 4.17. The topological polar surface area (TPSA) is 53.0 Å². The van der Waals surface area contributed by atoms with Crippen molar-refractivity contribution in [2.45, 2.75) is 0 Å². The first-order chi connectivity index (χ1) is 11.6. The Bertz CT molecular complexity index is 743. The van der Waals surface area contributed by atoms with Crippen LogP contribution in [0.2, 0.25) is 5.02 Å². The highest BCUT2D eigenvalue weighted by atomic mass is 35.5. The maximum atomic E-state index is 12.6. The number of hydrogen-bond acceptors (Lipinski definition) is 4. The SMILES string of the molecule is COc1cccc(N2CCN(C(=O)c3cc(Cl)ccc3O)CC2)c1. The van der Waals surface area contributed by atoms with Gasteiger partial charge >= 0.3 is 0 Å². The monoisotopic (exact) mass is 346 g/mol. The van der Waals surface area contributed by atoms with Gasteiger partial charge < -0.3 is 19.6 Å². The molecule has 1 aliphatic rings. The van der Waals surface area contributed by atoms with E-state index in [1.54, 1.807) is 18.1 Å². The lowest BCUT2D eigenvalue weighted by molar-refractivity contribution is 0.0743. The van der Waals surface area contributed by atoms with Crippen LogP contribution in [0.15, 0.2) is 42.5 Å². The summed E-state index contributed by atoms with van der Waals surface area (Å²) < 4.78 is 5.26. The summed E-state index contributed by atoms with van der Waals surface area (Å²) in [5.41, 5.74) is 1.32. The minimum absolute atomic E-state index is 0.0420. The number of hydrogen-bond donors (Lipinski definition) is 1. The van der Waals surface area contributed by atoms with Crippen LogP contribution in [0.1, 0.15) is 10.4 Å². The third-order valence-corrected chi connectivity index (χ3v) is 4.41. The lowest BCUT2D eigenvalue weighted by Gasteiger charge is -2.36. The van der Waals surface area contributed by atoms with E-state index in [1.165, 1.54) is 12.1 Å². The predicted octanol–water partition coefficient (Wildman–Crippen LogP) is 3.02. The van der Waals surface area contributed by atoms with Crippen LogP contribution in [-0.4, -0.2) is 49.2 Å².